The smallest absolute Gasteiger partial charge is 0.251 e. The summed E-state index contributed by atoms with van der Waals surface area (Å²) in [4.78, 5) is 30.8. The van der Waals surface area contributed by atoms with Gasteiger partial charge in [-0.25, -0.2) is 18.7 Å². The van der Waals surface area contributed by atoms with Crippen LogP contribution in [-0.2, 0) is 9.53 Å². The molecule has 0 aliphatic carbocycles. The molecule has 3 aromatic rings. The molecule has 3 atom stereocenters. The number of likely N-dealkylation sites (tertiary alicyclic amines) is 1. The third-order valence-corrected chi connectivity index (χ3v) is 8.35. The predicted octanol–water partition coefficient (Wildman–Crippen LogP) is 2.51. The summed E-state index contributed by atoms with van der Waals surface area (Å²) in [5, 5.41) is 22.4. The largest absolute Gasteiger partial charge is 0.483 e. The number of aliphatic hydroxyl groups excluding tert-OH is 1. The van der Waals surface area contributed by atoms with Crippen LogP contribution >= 0.6 is 0 Å². The minimum Gasteiger partial charge on any atom is -0.483 e. The maximum atomic E-state index is 15.3. The molecule has 1 aromatic heterocycles. The molecule has 3 fully saturated rings. The van der Waals surface area contributed by atoms with Crippen molar-refractivity contribution in [3.63, 3.8) is 0 Å². The summed E-state index contributed by atoms with van der Waals surface area (Å²) in [6.45, 7) is 6.70. The number of nitrogens with zero attached hydrogens (tertiary/aromatic N) is 7. The van der Waals surface area contributed by atoms with Crippen molar-refractivity contribution in [2.24, 2.45) is 0 Å². The Morgan fingerprint density at radius 3 is 2.56 bits per heavy atom. The lowest BCUT2D eigenvalue weighted by atomic mass is 10.0. The molecule has 14 heteroatoms. The van der Waals surface area contributed by atoms with Crippen molar-refractivity contribution in [1.82, 2.24) is 24.8 Å². The van der Waals surface area contributed by atoms with E-state index in [1.54, 1.807) is 0 Å². The number of amides is 1. The highest BCUT2D eigenvalue weighted by Gasteiger charge is 2.35. The van der Waals surface area contributed by atoms with E-state index in [-0.39, 0.29) is 48.2 Å². The van der Waals surface area contributed by atoms with Crippen molar-refractivity contribution in [3.05, 3.63) is 54.1 Å². The number of piperidine rings is 1. The Morgan fingerprint density at radius 2 is 1.91 bits per heavy atom. The molecule has 0 spiro atoms. The second kappa shape index (κ2) is 13.3. The molecule has 6 rings (SSSR count). The van der Waals surface area contributed by atoms with Crippen molar-refractivity contribution in [3.8, 4) is 23.2 Å². The van der Waals surface area contributed by atoms with Gasteiger partial charge in [0.15, 0.2) is 23.6 Å². The number of benzene rings is 2. The third kappa shape index (κ3) is 6.80. The Morgan fingerprint density at radius 1 is 1.16 bits per heavy atom. The van der Waals surface area contributed by atoms with Crippen LogP contribution in [0, 0.1) is 17.1 Å². The molecule has 12 nitrogen and oxygen atoms in total. The van der Waals surface area contributed by atoms with Gasteiger partial charge in [-0.05, 0) is 43.3 Å². The average Bonchev–Trinajstić information content (AvgIpc) is 3.02. The van der Waals surface area contributed by atoms with Gasteiger partial charge >= 0.3 is 0 Å². The molecule has 1 amide bonds. The van der Waals surface area contributed by atoms with Crippen LogP contribution in [0.1, 0.15) is 18.9 Å². The normalized spacial score (nSPS) is 21.5. The van der Waals surface area contributed by atoms with Crippen LogP contribution in [-0.4, -0.2) is 113 Å². The number of aromatic nitrogens is 3. The van der Waals surface area contributed by atoms with Crippen molar-refractivity contribution in [2.75, 3.05) is 62.7 Å². The molecule has 0 radical (unpaired) electrons. The maximum Gasteiger partial charge on any atom is 0.251 e. The van der Waals surface area contributed by atoms with Crippen LogP contribution in [0.5, 0.6) is 5.75 Å². The van der Waals surface area contributed by atoms with Crippen LogP contribution in [0.25, 0.3) is 11.4 Å². The van der Waals surface area contributed by atoms with E-state index in [9.17, 15) is 19.6 Å². The van der Waals surface area contributed by atoms with Gasteiger partial charge in [0, 0.05) is 56.1 Å². The van der Waals surface area contributed by atoms with Gasteiger partial charge in [0.2, 0.25) is 5.95 Å². The van der Waals surface area contributed by atoms with Crippen molar-refractivity contribution in [1.29, 1.82) is 5.26 Å². The van der Waals surface area contributed by atoms with E-state index < -0.39 is 30.1 Å². The van der Waals surface area contributed by atoms with Crippen LogP contribution in [0.3, 0.4) is 0 Å². The number of nitriles is 1. The van der Waals surface area contributed by atoms with Gasteiger partial charge in [-0.15, -0.1) is 0 Å². The number of hydrogen-bond acceptors (Lipinski definition) is 11. The minimum absolute atomic E-state index is 0.0715. The second-order valence-corrected chi connectivity index (χ2v) is 11.4. The molecule has 0 saturated carbocycles. The minimum atomic E-state index is -1.63. The van der Waals surface area contributed by atoms with E-state index in [2.05, 4.69) is 30.1 Å². The molecule has 236 valence electrons. The summed E-state index contributed by atoms with van der Waals surface area (Å²) >= 11 is 0. The van der Waals surface area contributed by atoms with E-state index in [0.29, 0.717) is 6.04 Å². The number of nitrogens with one attached hydrogen (secondary N) is 1. The highest BCUT2D eigenvalue weighted by atomic mass is 19.1. The monoisotopic (exact) mass is 620 g/mol. The number of hydrogen-bond donors (Lipinski definition) is 2. The molecule has 4 heterocycles. The Labute approximate surface area is 259 Å². The molecule has 2 aromatic carbocycles. The fraction of sp³-hybridized carbons (Fsp3) is 0.452. The van der Waals surface area contributed by atoms with Crippen molar-refractivity contribution >= 4 is 23.2 Å². The molecule has 2 N–H and O–H groups in total. The quantitative estimate of drug-likeness (QED) is 0.384. The Bertz CT molecular complexity index is 1560. The number of alkyl halides is 1. The molecule has 3 saturated heterocycles. The highest BCUT2D eigenvalue weighted by molar-refractivity contribution is 5.80. The van der Waals surface area contributed by atoms with Crippen LogP contribution in [0.15, 0.2) is 42.7 Å². The summed E-state index contributed by atoms with van der Waals surface area (Å²) in [5.41, 5.74) is 1.96. The number of piperazine rings is 1. The Balaban J connectivity index is 1.10. The van der Waals surface area contributed by atoms with Crippen molar-refractivity contribution < 1.29 is 28.2 Å². The summed E-state index contributed by atoms with van der Waals surface area (Å²) < 4.78 is 41.1. The van der Waals surface area contributed by atoms with E-state index in [1.165, 1.54) is 24.2 Å². The fourth-order valence-electron chi connectivity index (χ4n) is 5.72. The standard InChI is InChI=1S/C31H34F2N8O4/c1-19(42)30(43)41-7-6-27(26(33)15-41)45-28-21(14-34)12-20(13-25(28)32)29-35-18-36-31(38-29)37-22-2-4-23(5-3-22)39-8-10-40(11-9-39)24-16-44-17-24/h2-5,12-13,18-19,24,26-27,42H,6-11,15-17H2,1H3,(H,35,36,37,38)/t19-,26-,27-/m0/s1. The molecular formula is C31H34F2N8O4. The van der Waals surface area contributed by atoms with Gasteiger partial charge in [-0.1, -0.05) is 0 Å². The lowest BCUT2D eigenvalue weighted by molar-refractivity contribution is -0.143. The molecule has 0 bridgehead atoms. The second-order valence-electron chi connectivity index (χ2n) is 11.4. The Kier molecular flexibility index (Phi) is 9.02. The van der Waals surface area contributed by atoms with Crippen LogP contribution in [0.4, 0.5) is 26.1 Å². The maximum absolute atomic E-state index is 15.3. The number of ether oxygens (including phenoxy) is 2. The van der Waals surface area contributed by atoms with E-state index in [1.807, 2.05) is 30.3 Å². The Hall–Kier alpha value is -4.45. The first-order valence-corrected chi connectivity index (χ1v) is 14.9. The van der Waals surface area contributed by atoms with Gasteiger partial charge in [-0.3, -0.25) is 9.69 Å². The molecule has 45 heavy (non-hydrogen) atoms. The third-order valence-electron chi connectivity index (χ3n) is 8.35. The number of rotatable bonds is 8. The molecule has 0 unspecified atom stereocenters. The lowest BCUT2D eigenvalue weighted by Gasteiger charge is -2.43. The molecule has 3 aliphatic heterocycles. The van der Waals surface area contributed by atoms with Crippen molar-refractivity contribution in [2.45, 2.75) is 37.8 Å². The van der Waals surface area contributed by atoms with E-state index >= 15 is 4.39 Å². The van der Waals surface area contributed by atoms with Crippen LogP contribution < -0.4 is 15.0 Å². The zero-order valence-electron chi connectivity index (χ0n) is 24.8. The first-order chi connectivity index (χ1) is 21.8. The van der Waals surface area contributed by atoms with E-state index in [0.717, 1.165) is 56.8 Å². The number of halogens is 2. The number of carbonyl (C=O) groups excluding carboxylic acids is 1. The van der Waals surface area contributed by atoms with Gasteiger partial charge < -0.3 is 29.7 Å². The number of carbonyl (C=O) groups is 1. The summed E-state index contributed by atoms with van der Waals surface area (Å²) in [7, 11) is 0. The zero-order chi connectivity index (χ0) is 31.5. The summed E-state index contributed by atoms with van der Waals surface area (Å²) in [6, 6.07) is 12.9. The highest BCUT2D eigenvalue weighted by Crippen LogP contribution is 2.32. The SMILES string of the molecule is C[C@H](O)C(=O)N1CC[C@H](Oc2c(F)cc(-c3ncnc(Nc4ccc(N5CCN(C6COC6)CC5)cc4)n3)cc2C#N)[C@@H](F)C1. The first-order valence-electron chi connectivity index (χ1n) is 14.9. The summed E-state index contributed by atoms with van der Waals surface area (Å²) in [6.07, 6.45) is -2.59. The van der Waals surface area contributed by atoms with Gasteiger partial charge in [0.1, 0.15) is 24.6 Å². The number of aliphatic hydroxyl groups is 1. The zero-order valence-corrected chi connectivity index (χ0v) is 24.8. The topological polar surface area (TPSA) is 140 Å². The van der Waals surface area contributed by atoms with Gasteiger partial charge in [-0.2, -0.15) is 10.2 Å². The van der Waals surface area contributed by atoms with E-state index in [4.69, 9.17) is 9.47 Å². The summed E-state index contributed by atoms with van der Waals surface area (Å²) in [5.74, 6) is -1.46. The lowest BCUT2D eigenvalue weighted by Crippen LogP contribution is -2.56. The number of anilines is 3. The first kappa shape index (κ1) is 30.6. The molecular weight excluding hydrogens is 586 g/mol. The predicted molar refractivity (Wildman–Crippen MR) is 160 cm³/mol. The van der Waals surface area contributed by atoms with Crippen LogP contribution in [0.2, 0.25) is 0 Å². The fourth-order valence-corrected chi connectivity index (χ4v) is 5.72. The van der Waals surface area contributed by atoms with Gasteiger partial charge in [0.25, 0.3) is 5.91 Å². The van der Waals surface area contributed by atoms with Gasteiger partial charge in [0.05, 0.1) is 31.4 Å². The average molecular weight is 621 g/mol. The molecule has 3 aliphatic rings.